The van der Waals surface area contributed by atoms with Crippen LogP contribution in [0.3, 0.4) is 0 Å². The monoisotopic (exact) mass is 346 g/mol. The van der Waals surface area contributed by atoms with E-state index in [-0.39, 0.29) is 18.1 Å². The summed E-state index contributed by atoms with van der Waals surface area (Å²) in [4.78, 5) is 21.6. The number of nitrogens with one attached hydrogen (secondary N) is 1. The summed E-state index contributed by atoms with van der Waals surface area (Å²) in [5.41, 5.74) is 0. The summed E-state index contributed by atoms with van der Waals surface area (Å²) in [6, 6.07) is 5.85. The molecule has 2 atom stereocenters. The minimum Gasteiger partial charge on any atom is -0.375 e. The minimum atomic E-state index is -0.206. The van der Waals surface area contributed by atoms with Gasteiger partial charge in [0.05, 0.1) is 12.7 Å². The Morgan fingerprint density at radius 2 is 2.20 bits per heavy atom. The summed E-state index contributed by atoms with van der Waals surface area (Å²) in [5, 5.41) is 3.32. The molecule has 0 radical (unpaired) electrons. The van der Waals surface area contributed by atoms with Gasteiger partial charge in [0.2, 0.25) is 5.91 Å². The molecule has 1 amide bonds. The van der Waals surface area contributed by atoms with Crippen molar-refractivity contribution in [2.24, 2.45) is 5.92 Å². The molecule has 6 heteroatoms. The summed E-state index contributed by atoms with van der Waals surface area (Å²) in [7, 11) is 0. The molecule has 1 N–H and O–H groups in total. The molecular weight excluding hydrogens is 316 g/mol. The summed E-state index contributed by atoms with van der Waals surface area (Å²) in [6.07, 6.45) is 4.00. The zero-order chi connectivity index (χ0) is 17.6. The zero-order valence-electron chi connectivity index (χ0n) is 15.4. The Labute approximate surface area is 150 Å². The van der Waals surface area contributed by atoms with Crippen LogP contribution in [0, 0.1) is 5.92 Å². The average Bonchev–Trinajstić information content (AvgIpc) is 2.67. The number of nitrogens with zero attached hydrogens (tertiary/aromatic N) is 3. The first kappa shape index (κ1) is 18.1. The van der Waals surface area contributed by atoms with Crippen LogP contribution in [0.25, 0.3) is 0 Å². The maximum Gasteiger partial charge on any atom is 0.242 e. The molecule has 3 heterocycles. The Kier molecular flexibility index (Phi) is 6.26. The molecule has 6 nitrogen and oxygen atoms in total. The lowest BCUT2D eigenvalue weighted by Crippen LogP contribution is -2.57. The first-order valence-corrected chi connectivity index (χ1v) is 9.48. The number of morpholine rings is 1. The van der Waals surface area contributed by atoms with Gasteiger partial charge in [-0.25, -0.2) is 4.98 Å². The normalized spacial score (nSPS) is 25.0. The lowest BCUT2D eigenvalue weighted by molar-refractivity contribution is -0.140. The first-order chi connectivity index (χ1) is 12.2. The number of amides is 1. The topological polar surface area (TPSA) is 57.7 Å². The van der Waals surface area contributed by atoms with Gasteiger partial charge in [-0.05, 0) is 44.7 Å². The third-order valence-corrected chi connectivity index (χ3v) is 5.34. The van der Waals surface area contributed by atoms with Crippen LogP contribution >= 0.6 is 0 Å². The molecular formula is C19H30N4O2. The zero-order valence-corrected chi connectivity index (χ0v) is 15.4. The number of anilines is 1. The molecule has 0 aromatic carbocycles. The Morgan fingerprint density at radius 1 is 1.40 bits per heavy atom. The third kappa shape index (κ3) is 4.50. The van der Waals surface area contributed by atoms with Crippen molar-refractivity contribution < 1.29 is 9.53 Å². The molecule has 0 saturated carbocycles. The van der Waals surface area contributed by atoms with Gasteiger partial charge < -0.3 is 19.9 Å². The van der Waals surface area contributed by atoms with Crippen molar-refractivity contribution in [2.75, 3.05) is 44.2 Å². The number of rotatable bonds is 5. The van der Waals surface area contributed by atoms with Crippen LogP contribution in [-0.2, 0) is 9.53 Å². The van der Waals surface area contributed by atoms with Crippen LogP contribution in [0.5, 0.6) is 0 Å². The van der Waals surface area contributed by atoms with Crippen molar-refractivity contribution in [3.05, 3.63) is 24.4 Å². The van der Waals surface area contributed by atoms with E-state index in [1.807, 2.05) is 30.2 Å². The van der Waals surface area contributed by atoms with Crippen LogP contribution in [0.15, 0.2) is 24.4 Å². The highest BCUT2D eigenvalue weighted by Crippen LogP contribution is 2.23. The number of ether oxygens (including phenoxy) is 1. The molecule has 0 unspecified atom stereocenters. The van der Waals surface area contributed by atoms with Gasteiger partial charge in [-0.1, -0.05) is 6.07 Å². The summed E-state index contributed by atoms with van der Waals surface area (Å²) in [6.45, 7) is 9.09. The predicted molar refractivity (Wildman–Crippen MR) is 98.6 cm³/mol. The molecule has 0 bridgehead atoms. The predicted octanol–water partition coefficient (Wildman–Crippen LogP) is 1.52. The third-order valence-electron chi connectivity index (χ3n) is 5.34. The van der Waals surface area contributed by atoms with Gasteiger partial charge in [-0.15, -0.1) is 0 Å². The largest absolute Gasteiger partial charge is 0.375 e. The van der Waals surface area contributed by atoms with Gasteiger partial charge in [-0.2, -0.15) is 0 Å². The highest BCUT2D eigenvalue weighted by Gasteiger charge is 2.32. The van der Waals surface area contributed by atoms with Crippen molar-refractivity contribution >= 4 is 11.7 Å². The highest BCUT2D eigenvalue weighted by molar-refractivity contribution is 5.82. The lowest BCUT2D eigenvalue weighted by Gasteiger charge is -2.37. The van der Waals surface area contributed by atoms with Crippen molar-refractivity contribution in [1.82, 2.24) is 15.2 Å². The number of likely N-dealkylation sites (N-methyl/N-ethyl adjacent to an activating group) is 1. The van der Waals surface area contributed by atoms with Gasteiger partial charge in [-0.3, -0.25) is 4.79 Å². The number of hydrogen-bond donors (Lipinski definition) is 1. The van der Waals surface area contributed by atoms with Crippen LogP contribution in [0.4, 0.5) is 5.82 Å². The van der Waals surface area contributed by atoms with Crippen molar-refractivity contribution in [1.29, 1.82) is 0 Å². The first-order valence-electron chi connectivity index (χ1n) is 9.48. The summed E-state index contributed by atoms with van der Waals surface area (Å²) >= 11 is 0. The van der Waals surface area contributed by atoms with E-state index < -0.39 is 0 Å². The molecule has 2 aliphatic rings. The number of pyridine rings is 1. The maximum absolute atomic E-state index is 12.9. The fourth-order valence-corrected chi connectivity index (χ4v) is 3.78. The second-order valence-corrected chi connectivity index (χ2v) is 7.00. The number of piperidine rings is 1. The highest BCUT2D eigenvalue weighted by atomic mass is 16.5. The quantitative estimate of drug-likeness (QED) is 0.876. The van der Waals surface area contributed by atoms with Crippen molar-refractivity contribution in [3.63, 3.8) is 0 Å². The van der Waals surface area contributed by atoms with Gasteiger partial charge in [0, 0.05) is 38.9 Å². The fourth-order valence-electron chi connectivity index (χ4n) is 3.78. The Morgan fingerprint density at radius 3 is 2.84 bits per heavy atom. The molecule has 0 aliphatic carbocycles. The lowest BCUT2D eigenvalue weighted by atomic mass is 9.95. The maximum atomic E-state index is 12.9. The molecule has 2 saturated heterocycles. The van der Waals surface area contributed by atoms with Gasteiger partial charge in [0.25, 0.3) is 0 Å². The van der Waals surface area contributed by atoms with E-state index in [2.05, 4.69) is 28.2 Å². The van der Waals surface area contributed by atoms with Gasteiger partial charge >= 0.3 is 0 Å². The molecule has 2 aliphatic heterocycles. The van der Waals surface area contributed by atoms with E-state index in [0.717, 1.165) is 51.4 Å². The number of hydrogen-bond acceptors (Lipinski definition) is 5. The standard InChI is InChI=1S/C19H30N4O2/c1-3-22(19(24)18-15(2)25-13-10-21-18)14-16-7-11-23(12-8-16)17-6-4-5-9-20-17/h4-6,9,15-16,18,21H,3,7-8,10-14H2,1-2H3/t15-,18+/m1/s1. The van der Waals surface area contributed by atoms with Crippen LogP contribution in [0.1, 0.15) is 26.7 Å². The van der Waals surface area contributed by atoms with E-state index in [1.165, 1.54) is 0 Å². The van der Waals surface area contributed by atoms with E-state index >= 15 is 0 Å². The van der Waals surface area contributed by atoms with E-state index in [0.29, 0.717) is 12.5 Å². The molecule has 1 aromatic heterocycles. The van der Waals surface area contributed by atoms with Crippen molar-refractivity contribution in [3.8, 4) is 0 Å². The van der Waals surface area contributed by atoms with Crippen LogP contribution in [-0.4, -0.2) is 67.3 Å². The summed E-state index contributed by atoms with van der Waals surface area (Å²) < 4.78 is 5.64. The van der Waals surface area contributed by atoms with Gasteiger partial charge in [0.1, 0.15) is 11.9 Å². The van der Waals surface area contributed by atoms with E-state index in [9.17, 15) is 4.79 Å². The Hall–Kier alpha value is -1.66. The van der Waals surface area contributed by atoms with Crippen LogP contribution in [0.2, 0.25) is 0 Å². The molecule has 25 heavy (non-hydrogen) atoms. The second kappa shape index (κ2) is 8.63. The second-order valence-electron chi connectivity index (χ2n) is 7.00. The Balaban J connectivity index is 1.52. The fraction of sp³-hybridized carbons (Fsp3) is 0.684. The average molecular weight is 346 g/mol. The van der Waals surface area contributed by atoms with Crippen molar-refractivity contribution in [2.45, 2.75) is 38.8 Å². The van der Waals surface area contributed by atoms with E-state index in [4.69, 9.17) is 4.74 Å². The molecule has 0 spiro atoms. The number of carbonyl (C=O) groups is 1. The molecule has 138 valence electrons. The van der Waals surface area contributed by atoms with Crippen LogP contribution < -0.4 is 10.2 Å². The Bertz CT molecular complexity index is 546. The SMILES string of the molecule is CCN(CC1CCN(c2ccccn2)CC1)C(=O)[C@H]1NCCO[C@@H]1C. The number of carbonyl (C=O) groups excluding carboxylic acids is 1. The number of aromatic nitrogens is 1. The molecule has 3 rings (SSSR count). The minimum absolute atomic E-state index is 0.0543. The smallest absolute Gasteiger partial charge is 0.242 e. The van der Waals surface area contributed by atoms with Gasteiger partial charge in [0.15, 0.2) is 0 Å². The molecule has 1 aromatic rings. The van der Waals surface area contributed by atoms with E-state index in [1.54, 1.807) is 0 Å². The summed E-state index contributed by atoms with van der Waals surface area (Å²) in [5.74, 6) is 1.80. The molecule has 2 fully saturated rings.